The molecule has 6 heteroatoms. The minimum atomic E-state index is -0.403. The summed E-state index contributed by atoms with van der Waals surface area (Å²) in [6.07, 6.45) is 6.69. The lowest BCUT2D eigenvalue weighted by atomic mass is 9.86. The highest BCUT2D eigenvalue weighted by atomic mass is 16.7. The molecule has 1 aliphatic heterocycles. The summed E-state index contributed by atoms with van der Waals surface area (Å²) >= 11 is 0. The first kappa shape index (κ1) is 13.1. The molecule has 19 heavy (non-hydrogen) atoms. The molecule has 1 aromatic heterocycles. The fourth-order valence-electron chi connectivity index (χ4n) is 2.67. The van der Waals surface area contributed by atoms with Gasteiger partial charge in [0.2, 0.25) is 0 Å². The standard InChI is InChI=1S/C13H22BN3O2/c1-12(2)13(3,4)19-14(18-12)11-9-15-17(16-11)10-7-5-6-8-10/h9-10H,5-8H2,1-4H3. The molecule has 1 aromatic rings. The van der Waals surface area contributed by atoms with Gasteiger partial charge in [-0.1, -0.05) is 12.8 Å². The third-order valence-electron chi connectivity index (χ3n) is 4.67. The smallest absolute Gasteiger partial charge is 0.398 e. The maximum absolute atomic E-state index is 5.99. The van der Waals surface area contributed by atoms with Gasteiger partial charge in [0, 0.05) is 0 Å². The van der Waals surface area contributed by atoms with E-state index in [1.54, 1.807) is 6.20 Å². The molecule has 3 rings (SSSR count). The van der Waals surface area contributed by atoms with Crippen LogP contribution in [0.2, 0.25) is 0 Å². The van der Waals surface area contributed by atoms with Gasteiger partial charge in [0.15, 0.2) is 0 Å². The molecule has 5 nitrogen and oxygen atoms in total. The normalized spacial score (nSPS) is 26.2. The van der Waals surface area contributed by atoms with E-state index in [9.17, 15) is 0 Å². The summed E-state index contributed by atoms with van der Waals surface area (Å²) in [5.74, 6) is 0. The highest BCUT2D eigenvalue weighted by Crippen LogP contribution is 2.36. The molecule has 0 amide bonds. The maximum Gasteiger partial charge on any atom is 0.518 e. The lowest BCUT2D eigenvalue weighted by Gasteiger charge is -2.32. The van der Waals surface area contributed by atoms with E-state index in [1.807, 2.05) is 32.5 Å². The van der Waals surface area contributed by atoms with E-state index in [4.69, 9.17) is 9.31 Å². The van der Waals surface area contributed by atoms with Gasteiger partial charge in [0.1, 0.15) is 5.59 Å². The van der Waals surface area contributed by atoms with Gasteiger partial charge in [0.05, 0.1) is 23.4 Å². The number of hydrogen-bond acceptors (Lipinski definition) is 4. The Kier molecular flexibility index (Phi) is 2.98. The van der Waals surface area contributed by atoms with Crippen molar-refractivity contribution in [1.82, 2.24) is 15.0 Å². The van der Waals surface area contributed by atoms with Gasteiger partial charge in [0.25, 0.3) is 0 Å². The number of hydrogen-bond donors (Lipinski definition) is 0. The molecule has 2 aliphatic rings. The van der Waals surface area contributed by atoms with E-state index in [2.05, 4.69) is 10.2 Å². The Morgan fingerprint density at radius 3 is 2.32 bits per heavy atom. The number of rotatable bonds is 2. The molecule has 0 aromatic carbocycles. The van der Waals surface area contributed by atoms with Crippen LogP contribution in [0.1, 0.15) is 59.4 Å². The highest BCUT2D eigenvalue weighted by Gasteiger charge is 2.52. The Bertz CT molecular complexity index is 450. The predicted molar refractivity (Wildman–Crippen MR) is 73.2 cm³/mol. The highest BCUT2D eigenvalue weighted by molar-refractivity contribution is 6.61. The molecule has 0 spiro atoms. The maximum atomic E-state index is 5.99. The molecule has 0 unspecified atom stereocenters. The molecule has 0 N–H and O–H groups in total. The Hall–Kier alpha value is -0.875. The second-order valence-electron chi connectivity index (χ2n) is 6.62. The van der Waals surface area contributed by atoms with Crippen LogP contribution in [0.4, 0.5) is 0 Å². The van der Waals surface area contributed by atoms with Crippen molar-refractivity contribution in [3.8, 4) is 0 Å². The van der Waals surface area contributed by atoms with Gasteiger partial charge in [-0.3, -0.25) is 0 Å². The van der Waals surface area contributed by atoms with Gasteiger partial charge < -0.3 is 9.31 Å². The molecule has 2 heterocycles. The molecule has 104 valence electrons. The molecular weight excluding hydrogens is 241 g/mol. The Morgan fingerprint density at radius 1 is 1.16 bits per heavy atom. The monoisotopic (exact) mass is 263 g/mol. The van der Waals surface area contributed by atoms with E-state index >= 15 is 0 Å². The van der Waals surface area contributed by atoms with Crippen molar-refractivity contribution in [3.05, 3.63) is 6.20 Å². The Labute approximate surface area is 114 Å². The molecule has 0 bridgehead atoms. The fourth-order valence-corrected chi connectivity index (χ4v) is 2.67. The minimum Gasteiger partial charge on any atom is -0.398 e. The van der Waals surface area contributed by atoms with Crippen LogP contribution in [-0.4, -0.2) is 33.3 Å². The minimum absolute atomic E-state index is 0.325. The van der Waals surface area contributed by atoms with Gasteiger partial charge in [-0.2, -0.15) is 15.0 Å². The Morgan fingerprint density at radius 2 is 1.74 bits per heavy atom. The van der Waals surface area contributed by atoms with Crippen LogP contribution < -0.4 is 5.59 Å². The van der Waals surface area contributed by atoms with Crippen molar-refractivity contribution in [1.29, 1.82) is 0 Å². The van der Waals surface area contributed by atoms with Crippen LogP contribution in [0.25, 0.3) is 0 Å². The average molecular weight is 263 g/mol. The van der Waals surface area contributed by atoms with Crippen molar-refractivity contribution < 1.29 is 9.31 Å². The summed E-state index contributed by atoms with van der Waals surface area (Å²) < 4.78 is 12.0. The number of nitrogens with zero attached hydrogens (tertiary/aromatic N) is 3. The lowest BCUT2D eigenvalue weighted by molar-refractivity contribution is 0.00578. The van der Waals surface area contributed by atoms with Crippen molar-refractivity contribution in [2.24, 2.45) is 0 Å². The first-order chi connectivity index (χ1) is 8.89. The second kappa shape index (κ2) is 4.31. The molecule has 0 atom stereocenters. The Balaban J connectivity index is 1.77. The van der Waals surface area contributed by atoms with Gasteiger partial charge in [-0.25, -0.2) is 0 Å². The number of aromatic nitrogens is 3. The predicted octanol–water partition coefficient (Wildman–Crippen LogP) is 1.69. The second-order valence-corrected chi connectivity index (χ2v) is 6.62. The molecule has 2 fully saturated rings. The van der Waals surface area contributed by atoms with E-state index < -0.39 is 7.12 Å². The zero-order valence-corrected chi connectivity index (χ0v) is 12.2. The summed E-state index contributed by atoms with van der Waals surface area (Å²) in [6, 6.07) is 0.455. The summed E-state index contributed by atoms with van der Waals surface area (Å²) in [7, 11) is -0.403. The largest absolute Gasteiger partial charge is 0.518 e. The van der Waals surface area contributed by atoms with Crippen LogP contribution >= 0.6 is 0 Å². The zero-order chi connectivity index (χ0) is 13.7. The van der Waals surface area contributed by atoms with Crippen molar-refractivity contribution in [2.45, 2.75) is 70.6 Å². The topological polar surface area (TPSA) is 49.2 Å². The van der Waals surface area contributed by atoms with E-state index in [-0.39, 0.29) is 11.2 Å². The van der Waals surface area contributed by atoms with Crippen LogP contribution in [0.3, 0.4) is 0 Å². The van der Waals surface area contributed by atoms with E-state index in [0.29, 0.717) is 6.04 Å². The molecular formula is C13H22BN3O2. The van der Waals surface area contributed by atoms with Crippen molar-refractivity contribution in [3.63, 3.8) is 0 Å². The van der Waals surface area contributed by atoms with Crippen molar-refractivity contribution in [2.75, 3.05) is 0 Å². The summed E-state index contributed by atoms with van der Waals surface area (Å²) in [4.78, 5) is 1.84. The average Bonchev–Trinajstić information content (AvgIpc) is 3.00. The van der Waals surface area contributed by atoms with Crippen LogP contribution in [0.5, 0.6) is 0 Å². The van der Waals surface area contributed by atoms with Crippen LogP contribution in [0, 0.1) is 0 Å². The van der Waals surface area contributed by atoms with Crippen molar-refractivity contribution >= 4 is 12.7 Å². The van der Waals surface area contributed by atoms with E-state index in [1.165, 1.54) is 25.7 Å². The molecule has 1 saturated carbocycles. The molecule has 1 saturated heterocycles. The first-order valence-electron chi connectivity index (χ1n) is 7.16. The summed E-state index contributed by atoms with van der Waals surface area (Å²) in [6.45, 7) is 8.20. The van der Waals surface area contributed by atoms with Gasteiger partial charge in [-0.05, 0) is 40.5 Å². The van der Waals surface area contributed by atoms with E-state index in [0.717, 1.165) is 5.59 Å². The third-order valence-corrected chi connectivity index (χ3v) is 4.67. The molecule has 1 aliphatic carbocycles. The summed E-state index contributed by atoms with van der Waals surface area (Å²) in [5.41, 5.74) is 0.134. The quantitative estimate of drug-likeness (QED) is 0.762. The first-order valence-corrected chi connectivity index (χ1v) is 7.16. The van der Waals surface area contributed by atoms with Crippen LogP contribution in [0.15, 0.2) is 6.20 Å². The fraction of sp³-hybridized carbons (Fsp3) is 0.846. The SMILES string of the molecule is CC1(C)OB(c2cnn(C3CCCC3)n2)OC1(C)C. The van der Waals surface area contributed by atoms with Crippen LogP contribution in [-0.2, 0) is 9.31 Å². The van der Waals surface area contributed by atoms with Gasteiger partial charge in [-0.15, -0.1) is 0 Å². The molecule has 0 radical (unpaired) electrons. The summed E-state index contributed by atoms with van der Waals surface area (Å²) in [5, 5.41) is 8.94. The lowest BCUT2D eigenvalue weighted by Crippen LogP contribution is -2.41. The zero-order valence-electron chi connectivity index (χ0n) is 12.2. The third kappa shape index (κ3) is 2.21. The van der Waals surface area contributed by atoms with Gasteiger partial charge >= 0.3 is 7.12 Å².